The van der Waals surface area contributed by atoms with E-state index in [4.69, 9.17) is 17.3 Å². The van der Waals surface area contributed by atoms with Crippen molar-refractivity contribution < 1.29 is 4.39 Å². The molecule has 0 unspecified atom stereocenters. The largest absolute Gasteiger partial charge is 0.330 e. The van der Waals surface area contributed by atoms with Crippen molar-refractivity contribution in [2.75, 3.05) is 6.54 Å². The van der Waals surface area contributed by atoms with Gasteiger partial charge in [-0.05, 0) is 54.4 Å². The van der Waals surface area contributed by atoms with Crippen LogP contribution < -0.4 is 5.73 Å². The maximum Gasteiger partial charge on any atom is 0.124 e. The summed E-state index contributed by atoms with van der Waals surface area (Å²) in [7, 11) is 0. The van der Waals surface area contributed by atoms with Crippen molar-refractivity contribution in [1.29, 1.82) is 0 Å². The number of hydrogen-bond donors (Lipinski definition) is 1. The molecule has 0 fully saturated rings. The lowest BCUT2D eigenvalue weighted by atomic mass is 10.1. The second-order valence-corrected chi connectivity index (χ2v) is 5.73. The summed E-state index contributed by atoms with van der Waals surface area (Å²) in [5, 5.41) is 0.727. The molecule has 0 saturated carbocycles. The third-order valence-corrected chi connectivity index (χ3v) is 3.98. The van der Waals surface area contributed by atoms with Gasteiger partial charge in [0.1, 0.15) is 5.82 Å². The Morgan fingerprint density at radius 3 is 2.47 bits per heavy atom. The van der Waals surface area contributed by atoms with E-state index < -0.39 is 0 Å². The van der Waals surface area contributed by atoms with Gasteiger partial charge in [0.05, 0.1) is 0 Å². The van der Waals surface area contributed by atoms with Crippen molar-refractivity contribution in [2.45, 2.75) is 17.1 Å². The summed E-state index contributed by atoms with van der Waals surface area (Å²) in [5.41, 5.74) is 7.61. The minimum atomic E-state index is -0.204. The Morgan fingerprint density at radius 2 is 1.79 bits per heavy atom. The van der Waals surface area contributed by atoms with Crippen molar-refractivity contribution >= 4 is 23.4 Å². The van der Waals surface area contributed by atoms with Crippen LogP contribution in [0.1, 0.15) is 11.1 Å². The summed E-state index contributed by atoms with van der Waals surface area (Å²) in [4.78, 5) is 0.929. The quantitative estimate of drug-likeness (QED) is 0.834. The van der Waals surface area contributed by atoms with Crippen LogP contribution in [0.25, 0.3) is 0 Å². The van der Waals surface area contributed by atoms with Crippen LogP contribution in [0, 0.1) is 5.82 Å². The van der Waals surface area contributed by atoms with Gasteiger partial charge in [-0.15, -0.1) is 11.8 Å². The number of benzene rings is 2. The van der Waals surface area contributed by atoms with E-state index in [0.717, 1.165) is 21.2 Å². The fourth-order valence-corrected chi connectivity index (χ4v) is 2.84. The standard InChI is InChI=1S/C15H15ClFNS/c16-13-3-1-11(2-4-13)10-19-15-8-12(5-6-18)7-14(17)9-15/h1-4,7-9H,5-6,10,18H2. The van der Waals surface area contributed by atoms with Crippen LogP contribution in [0.5, 0.6) is 0 Å². The van der Waals surface area contributed by atoms with Gasteiger partial charge in [0.2, 0.25) is 0 Å². The van der Waals surface area contributed by atoms with E-state index >= 15 is 0 Å². The molecule has 0 aromatic heterocycles. The summed E-state index contributed by atoms with van der Waals surface area (Å²) in [6.45, 7) is 0.532. The van der Waals surface area contributed by atoms with Gasteiger partial charge >= 0.3 is 0 Å². The molecule has 4 heteroatoms. The first-order valence-corrected chi connectivity index (χ1v) is 7.40. The van der Waals surface area contributed by atoms with Crippen LogP contribution >= 0.6 is 23.4 Å². The summed E-state index contributed by atoms with van der Waals surface area (Å²) < 4.78 is 13.5. The van der Waals surface area contributed by atoms with E-state index in [0.29, 0.717) is 13.0 Å². The summed E-state index contributed by atoms with van der Waals surface area (Å²) in [6.07, 6.45) is 0.701. The van der Waals surface area contributed by atoms with Gasteiger partial charge in [0, 0.05) is 15.7 Å². The van der Waals surface area contributed by atoms with Crippen molar-refractivity contribution in [3.63, 3.8) is 0 Å². The van der Waals surface area contributed by atoms with Crippen LogP contribution in [0.4, 0.5) is 4.39 Å². The number of thioether (sulfide) groups is 1. The zero-order chi connectivity index (χ0) is 13.7. The van der Waals surface area contributed by atoms with Crippen molar-refractivity contribution in [1.82, 2.24) is 0 Å². The van der Waals surface area contributed by atoms with Gasteiger partial charge in [-0.1, -0.05) is 23.7 Å². The summed E-state index contributed by atoms with van der Waals surface area (Å²) in [5.74, 6) is 0.590. The molecular formula is C15H15ClFNS. The van der Waals surface area contributed by atoms with E-state index in [1.54, 1.807) is 23.9 Å². The molecule has 0 bridgehead atoms. The van der Waals surface area contributed by atoms with Crippen LogP contribution in [0.2, 0.25) is 5.02 Å². The Kier molecular flexibility index (Phi) is 5.25. The Labute approximate surface area is 122 Å². The maximum absolute atomic E-state index is 13.5. The molecule has 0 radical (unpaired) electrons. The molecule has 2 rings (SSSR count). The first kappa shape index (κ1) is 14.4. The van der Waals surface area contributed by atoms with Crippen LogP contribution in [0.15, 0.2) is 47.4 Å². The normalized spacial score (nSPS) is 10.7. The molecule has 2 aromatic rings. The SMILES string of the molecule is NCCc1cc(F)cc(SCc2ccc(Cl)cc2)c1. The van der Waals surface area contributed by atoms with E-state index in [9.17, 15) is 4.39 Å². The van der Waals surface area contributed by atoms with Gasteiger partial charge in [0.15, 0.2) is 0 Å². The highest BCUT2D eigenvalue weighted by Gasteiger charge is 2.02. The predicted octanol–water partition coefficient (Wildman–Crippen LogP) is 4.27. The number of hydrogen-bond acceptors (Lipinski definition) is 2. The molecule has 100 valence electrons. The molecule has 0 aliphatic heterocycles. The minimum absolute atomic E-state index is 0.204. The Bertz CT molecular complexity index is 542. The van der Waals surface area contributed by atoms with Crippen molar-refractivity contribution in [2.24, 2.45) is 5.73 Å². The predicted molar refractivity (Wildman–Crippen MR) is 80.2 cm³/mol. The smallest absolute Gasteiger partial charge is 0.124 e. The number of rotatable bonds is 5. The Hall–Kier alpha value is -1.03. The minimum Gasteiger partial charge on any atom is -0.330 e. The summed E-state index contributed by atoms with van der Waals surface area (Å²) in [6, 6.07) is 12.8. The zero-order valence-electron chi connectivity index (χ0n) is 10.4. The molecule has 0 aliphatic carbocycles. The highest BCUT2D eigenvalue weighted by Crippen LogP contribution is 2.25. The molecule has 0 heterocycles. The van der Waals surface area contributed by atoms with Crippen LogP contribution in [-0.2, 0) is 12.2 Å². The molecule has 0 atom stereocenters. The fraction of sp³-hybridized carbons (Fsp3) is 0.200. The molecule has 2 N–H and O–H groups in total. The average molecular weight is 296 g/mol. The van der Waals surface area contributed by atoms with Crippen LogP contribution in [-0.4, -0.2) is 6.54 Å². The Balaban J connectivity index is 2.04. The number of nitrogens with two attached hydrogens (primary N) is 1. The van der Waals surface area contributed by atoms with E-state index in [1.807, 2.05) is 30.3 Å². The van der Waals surface area contributed by atoms with Gasteiger partial charge in [0.25, 0.3) is 0 Å². The second-order valence-electron chi connectivity index (χ2n) is 4.25. The first-order valence-electron chi connectivity index (χ1n) is 6.04. The van der Waals surface area contributed by atoms with E-state index in [2.05, 4.69) is 0 Å². The molecule has 0 saturated heterocycles. The first-order chi connectivity index (χ1) is 9.17. The lowest BCUT2D eigenvalue weighted by Gasteiger charge is -2.06. The average Bonchev–Trinajstić information content (AvgIpc) is 2.38. The fourth-order valence-electron chi connectivity index (χ4n) is 1.76. The Morgan fingerprint density at radius 1 is 1.05 bits per heavy atom. The molecule has 19 heavy (non-hydrogen) atoms. The van der Waals surface area contributed by atoms with Crippen molar-refractivity contribution in [3.8, 4) is 0 Å². The molecule has 1 nitrogen and oxygen atoms in total. The maximum atomic E-state index is 13.5. The second kappa shape index (κ2) is 6.94. The highest BCUT2D eigenvalue weighted by atomic mass is 35.5. The zero-order valence-corrected chi connectivity index (χ0v) is 12.0. The third kappa shape index (κ3) is 4.53. The number of halogens is 2. The lowest BCUT2D eigenvalue weighted by molar-refractivity contribution is 0.621. The van der Waals surface area contributed by atoms with Crippen molar-refractivity contribution in [3.05, 3.63) is 64.4 Å². The molecule has 0 aliphatic rings. The molecule has 0 spiro atoms. The summed E-state index contributed by atoms with van der Waals surface area (Å²) >= 11 is 7.45. The molecular weight excluding hydrogens is 281 g/mol. The highest BCUT2D eigenvalue weighted by molar-refractivity contribution is 7.98. The van der Waals surface area contributed by atoms with Gasteiger partial charge < -0.3 is 5.73 Å². The van der Waals surface area contributed by atoms with Gasteiger partial charge in [-0.3, -0.25) is 0 Å². The third-order valence-electron chi connectivity index (χ3n) is 2.68. The topological polar surface area (TPSA) is 26.0 Å². The molecule has 2 aromatic carbocycles. The van der Waals surface area contributed by atoms with Gasteiger partial charge in [-0.25, -0.2) is 4.39 Å². The van der Waals surface area contributed by atoms with Gasteiger partial charge in [-0.2, -0.15) is 0 Å². The molecule has 0 amide bonds. The van der Waals surface area contributed by atoms with E-state index in [-0.39, 0.29) is 5.82 Å². The lowest BCUT2D eigenvalue weighted by Crippen LogP contribution is -2.03. The monoisotopic (exact) mass is 295 g/mol. The van der Waals surface area contributed by atoms with Crippen LogP contribution in [0.3, 0.4) is 0 Å². The van der Waals surface area contributed by atoms with E-state index in [1.165, 1.54) is 5.56 Å².